The fraction of sp³-hybridized carbons (Fsp3) is 0.368. The van der Waals surface area contributed by atoms with Crippen LogP contribution >= 0.6 is 0 Å². The fourth-order valence-corrected chi connectivity index (χ4v) is 3.00. The van der Waals surface area contributed by atoms with E-state index in [0.717, 1.165) is 16.8 Å². The summed E-state index contributed by atoms with van der Waals surface area (Å²) >= 11 is 0. The first-order valence-electron chi connectivity index (χ1n) is 8.09. The highest BCUT2D eigenvalue weighted by Crippen LogP contribution is 2.35. The Bertz CT molecular complexity index is 806. The Labute approximate surface area is 146 Å². The van der Waals surface area contributed by atoms with Crippen LogP contribution in [-0.4, -0.2) is 28.7 Å². The second-order valence-electron chi connectivity index (χ2n) is 6.82. The SMILES string of the molecule is Cc1ccc(N[C@@H]2C=CC(=O)[C@H]2C2=C(O)OC(C)(C)OC2=O)cc1C. The van der Waals surface area contributed by atoms with Crippen molar-refractivity contribution in [3.8, 4) is 0 Å². The number of rotatable bonds is 3. The molecule has 25 heavy (non-hydrogen) atoms. The van der Waals surface area contributed by atoms with Crippen LogP contribution in [-0.2, 0) is 19.1 Å². The number of ketones is 1. The summed E-state index contributed by atoms with van der Waals surface area (Å²) in [4.78, 5) is 24.6. The highest BCUT2D eigenvalue weighted by Gasteiger charge is 2.45. The molecule has 0 unspecified atom stereocenters. The summed E-state index contributed by atoms with van der Waals surface area (Å²) in [6, 6.07) is 5.37. The van der Waals surface area contributed by atoms with Gasteiger partial charge in [0.25, 0.3) is 11.7 Å². The van der Waals surface area contributed by atoms with Crippen LogP contribution in [0, 0.1) is 19.8 Å². The predicted molar refractivity (Wildman–Crippen MR) is 91.9 cm³/mol. The summed E-state index contributed by atoms with van der Waals surface area (Å²) in [6.45, 7) is 7.03. The van der Waals surface area contributed by atoms with Crippen LogP contribution in [0.25, 0.3) is 0 Å². The average Bonchev–Trinajstić information content (AvgIpc) is 2.83. The minimum Gasteiger partial charge on any atom is -0.480 e. The van der Waals surface area contributed by atoms with Crippen molar-refractivity contribution in [2.24, 2.45) is 5.92 Å². The summed E-state index contributed by atoms with van der Waals surface area (Å²) in [5.74, 6) is -3.76. The standard InChI is InChI=1S/C19H21NO5/c1-10-5-6-12(9-11(10)2)20-13-7-8-14(21)15(13)16-17(22)24-19(3,4)25-18(16)23/h5-9,13,15,20,22H,1-4H3/t13-,15+/m1/s1. The number of esters is 1. The Morgan fingerprint density at radius 2 is 1.84 bits per heavy atom. The summed E-state index contributed by atoms with van der Waals surface area (Å²) in [5, 5.41) is 13.4. The van der Waals surface area contributed by atoms with Gasteiger partial charge in [0.15, 0.2) is 5.78 Å². The van der Waals surface area contributed by atoms with Gasteiger partial charge in [-0.2, -0.15) is 0 Å². The second kappa shape index (κ2) is 5.95. The highest BCUT2D eigenvalue weighted by atomic mass is 16.8. The van der Waals surface area contributed by atoms with E-state index < -0.39 is 29.7 Å². The number of aryl methyl sites for hydroxylation is 2. The lowest BCUT2D eigenvalue weighted by molar-refractivity contribution is -0.223. The van der Waals surface area contributed by atoms with Gasteiger partial charge in [-0.15, -0.1) is 0 Å². The molecule has 0 bridgehead atoms. The quantitative estimate of drug-likeness (QED) is 0.821. The molecule has 0 spiro atoms. The van der Waals surface area contributed by atoms with Gasteiger partial charge in [-0.05, 0) is 43.2 Å². The van der Waals surface area contributed by atoms with E-state index in [0.29, 0.717) is 0 Å². The molecule has 1 heterocycles. The van der Waals surface area contributed by atoms with Crippen LogP contribution in [0.5, 0.6) is 0 Å². The van der Waals surface area contributed by atoms with Crippen molar-refractivity contribution in [1.29, 1.82) is 0 Å². The zero-order valence-electron chi connectivity index (χ0n) is 14.6. The van der Waals surface area contributed by atoms with Crippen LogP contribution in [0.4, 0.5) is 5.69 Å². The van der Waals surface area contributed by atoms with Gasteiger partial charge in [0, 0.05) is 19.5 Å². The van der Waals surface area contributed by atoms with Crippen molar-refractivity contribution in [2.45, 2.75) is 39.5 Å². The Balaban J connectivity index is 1.90. The van der Waals surface area contributed by atoms with E-state index in [1.165, 1.54) is 19.9 Å². The number of ether oxygens (including phenoxy) is 2. The smallest absolute Gasteiger partial charge is 0.345 e. The first-order chi connectivity index (χ1) is 11.7. The van der Waals surface area contributed by atoms with Crippen molar-refractivity contribution in [3.63, 3.8) is 0 Å². The molecular formula is C19H21NO5. The lowest BCUT2D eigenvalue weighted by atomic mass is 9.91. The van der Waals surface area contributed by atoms with E-state index >= 15 is 0 Å². The van der Waals surface area contributed by atoms with E-state index in [-0.39, 0.29) is 11.4 Å². The normalized spacial score (nSPS) is 25.0. The fourth-order valence-electron chi connectivity index (χ4n) is 3.00. The minimum atomic E-state index is -1.27. The van der Waals surface area contributed by atoms with E-state index in [1.54, 1.807) is 6.08 Å². The topological polar surface area (TPSA) is 84.9 Å². The molecule has 0 amide bonds. The molecule has 1 aliphatic carbocycles. The molecular weight excluding hydrogens is 322 g/mol. The molecule has 0 radical (unpaired) electrons. The number of benzene rings is 1. The maximum atomic E-state index is 12.3. The summed E-state index contributed by atoms with van der Waals surface area (Å²) in [7, 11) is 0. The molecule has 6 heteroatoms. The number of carbonyl (C=O) groups excluding carboxylic acids is 2. The first kappa shape index (κ1) is 17.1. The van der Waals surface area contributed by atoms with Gasteiger partial charge in [-0.1, -0.05) is 12.1 Å². The van der Waals surface area contributed by atoms with Crippen molar-refractivity contribution in [3.05, 3.63) is 53.0 Å². The lowest BCUT2D eigenvalue weighted by Gasteiger charge is -2.33. The molecule has 2 aliphatic rings. The first-order valence-corrected chi connectivity index (χ1v) is 8.09. The molecule has 2 N–H and O–H groups in total. The van der Waals surface area contributed by atoms with Crippen molar-refractivity contribution < 1.29 is 24.2 Å². The Morgan fingerprint density at radius 3 is 2.48 bits per heavy atom. The molecule has 0 saturated carbocycles. The minimum absolute atomic E-state index is 0.157. The lowest BCUT2D eigenvalue weighted by Crippen LogP contribution is -2.42. The van der Waals surface area contributed by atoms with E-state index in [4.69, 9.17) is 9.47 Å². The Morgan fingerprint density at radius 1 is 1.12 bits per heavy atom. The van der Waals surface area contributed by atoms with Gasteiger partial charge in [0.2, 0.25) is 0 Å². The van der Waals surface area contributed by atoms with Crippen LogP contribution < -0.4 is 5.32 Å². The van der Waals surface area contributed by atoms with Crippen LogP contribution in [0.1, 0.15) is 25.0 Å². The van der Waals surface area contributed by atoms with Gasteiger partial charge < -0.3 is 19.9 Å². The maximum absolute atomic E-state index is 12.3. The highest BCUT2D eigenvalue weighted by molar-refractivity contribution is 6.05. The van der Waals surface area contributed by atoms with Gasteiger partial charge >= 0.3 is 5.97 Å². The number of aliphatic hydroxyl groups is 1. The van der Waals surface area contributed by atoms with Crippen molar-refractivity contribution in [1.82, 2.24) is 0 Å². The number of aliphatic hydroxyl groups excluding tert-OH is 1. The van der Waals surface area contributed by atoms with Gasteiger partial charge in [-0.3, -0.25) is 4.79 Å². The molecule has 1 aromatic rings. The molecule has 0 saturated heterocycles. The molecule has 1 aromatic carbocycles. The monoisotopic (exact) mass is 343 g/mol. The van der Waals surface area contributed by atoms with Crippen molar-refractivity contribution >= 4 is 17.4 Å². The zero-order valence-corrected chi connectivity index (χ0v) is 14.6. The van der Waals surface area contributed by atoms with E-state index in [9.17, 15) is 14.7 Å². The molecule has 1 aliphatic heterocycles. The number of hydrogen-bond acceptors (Lipinski definition) is 6. The maximum Gasteiger partial charge on any atom is 0.345 e. The number of allylic oxidation sites excluding steroid dienone is 1. The third-order valence-corrected chi connectivity index (χ3v) is 4.42. The molecule has 0 fully saturated rings. The largest absolute Gasteiger partial charge is 0.480 e. The summed E-state index contributed by atoms with van der Waals surface area (Å²) < 4.78 is 10.4. The third-order valence-electron chi connectivity index (χ3n) is 4.42. The van der Waals surface area contributed by atoms with Gasteiger partial charge in [0.05, 0.1) is 12.0 Å². The van der Waals surface area contributed by atoms with Crippen LogP contribution in [0.3, 0.4) is 0 Å². The van der Waals surface area contributed by atoms with E-state index in [2.05, 4.69) is 5.32 Å². The van der Waals surface area contributed by atoms with Gasteiger partial charge in [-0.25, -0.2) is 4.79 Å². The molecule has 6 nitrogen and oxygen atoms in total. The zero-order chi connectivity index (χ0) is 18.4. The van der Waals surface area contributed by atoms with Crippen molar-refractivity contribution in [2.75, 3.05) is 5.32 Å². The second-order valence-corrected chi connectivity index (χ2v) is 6.82. The number of hydrogen-bond donors (Lipinski definition) is 2. The Hall–Kier alpha value is -2.76. The Kier molecular flexibility index (Phi) is 4.06. The number of nitrogens with one attached hydrogen (secondary N) is 1. The molecule has 132 valence electrons. The molecule has 2 atom stereocenters. The number of anilines is 1. The average molecular weight is 343 g/mol. The molecule has 0 aromatic heterocycles. The summed E-state index contributed by atoms with van der Waals surface area (Å²) in [6.07, 6.45) is 3.08. The van der Waals surface area contributed by atoms with Crippen LogP contribution in [0.2, 0.25) is 0 Å². The number of cyclic esters (lactones) is 1. The summed E-state index contributed by atoms with van der Waals surface area (Å²) in [5.41, 5.74) is 2.93. The number of carbonyl (C=O) groups is 2. The predicted octanol–water partition coefficient (Wildman–Crippen LogP) is 2.92. The third kappa shape index (κ3) is 3.24. The van der Waals surface area contributed by atoms with Crippen LogP contribution in [0.15, 0.2) is 41.9 Å². The van der Waals surface area contributed by atoms with Gasteiger partial charge in [0.1, 0.15) is 5.57 Å². The van der Waals surface area contributed by atoms with E-state index in [1.807, 2.05) is 32.0 Å². The molecule has 3 rings (SSSR count).